The van der Waals surface area contributed by atoms with E-state index in [9.17, 15) is 0 Å². The van der Waals surface area contributed by atoms with Crippen molar-refractivity contribution in [2.24, 2.45) is 0 Å². The predicted octanol–water partition coefficient (Wildman–Crippen LogP) is 6.24. The molecule has 212 valence electrons. The van der Waals surface area contributed by atoms with Crippen molar-refractivity contribution in [1.82, 2.24) is 0 Å². The third kappa shape index (κ3) is 6.35. The van der Waals surface area contributed by atoms with Gasteiger partial charge in [-0.05, 0) is 36.4 Å². The molecule has 0 saturated carbocycles. The normalized spacial score (nSPS) is 10.9. The second-order valence-corrected chi connectivity index (χ2v) is 13.5. The van der Waals surface area contributed by atoms with Crippen LogP contribution in [0.15, 0.2) is 212 Å². The van der Waals surface area contributed by atoms with E-state index in [-0.39, 0.29) is 0 Å². The molecular formula is C42H36BP. The molecule has 0 atom stereocenters. The molecule has 7 aromatic rings. The minimum Gasteiger partial charge on any atom is -0.195 e. The summed E-state index contributed by atoms with van der Waals surface area (Å²) in [6.45, 7) is 0. The molecule has 44 heavy (non-hydrogen) atoms. The van der Waals surface area contributed by atoms with E-state index < -0.39 is 14.1 Å². The molecule has 0 aliphatic rings. The van der Waals surface area contributed by atoms with Crippen molar-refractivity contribution < 1.29 is 0 Å². The van der Waals surface area contributed by atoms with E-state index in [1.54, 1.807) is 0 Å². The molecule has 0 amide bonds. The summed E-state index contributed by atoms with van der Waals surface area (Å²) in [5.41, 5.74) is 5.36. The smallest absolute Gasteiger partial charge is 0.108 e. The van der Waals surface area contributed by atoms with Gasteiger partial charge in [0.25, 0.3) is 0 Å². The van der Waals surface area contributed by atoms with E-state index in [4.69, 9.17) is 0 Å². The number of rotatable bonds is 7. The van der Waals surface area contributed by atoms with Gasteiger partial charge in [-0.2, -0.15) is 21.9 Å². The lowest BCUT2D eigenvalue weighted by Crippen LogP contribution is -2.74. The van der Waals surface area contributed by atoms with Gasteiger partial charge in [0.15, 0.2) is 0 Å². The van der Waals surface area contributed by atoms with Crippen LogP contribution < -0.4 is 37.8 Å². The Labute approximate surface area is 263 Å². The van der Waals surface area contributed by atoms with E-state index in [0.29, 0.717) is 0 Å². The molecule has 2 heteroatoms. The summed E-state index contributed by atoms with van der Waals surface area (Å²) in [6, 6.07) is 76.0. The zero-order valence-electron chi connectivity index (χ0n) is 24.8. The van der Waals surface area contributed by atoms with Crippen LogP contribution in [-0.2, 0) is 0 Å². The standard InChI is InChI=1S/C24H20B.C18H15P/c1-5-13-21(14-6-1)25(22-15-7-2-8-16-22,23-17-9-3-10-18-23)24-19-11-4-12-20-24;1-4-10-16(11-5-1)19(17-12-6-2-7-13-17)18-14-8-3-9-15-18/h1-20H;1-15H/q-1;/p+1. The second kappa shape index (κ2) is 14.5. The van der Waals surface area contributed by atoms with Gasteiger partial charge < -0.3 is 0 Å². The Hall–Kier alpha value is -4.97. The Balaban J connectivity index is 0.000000162. The SMILES string of the molecule is c1ccc([B-](c2ccccc2)(c2ccccc2)c2ccccc2)cc1.c1ccc([PH+](c2ccccc2)c2ccccc2)cc1. The molecule has 0 unspecified atom stereocenters. The molecular weight excluding hydrogens is 546 g/mol. The molecule has 0 nitrogen and oxygen atoms in total. The van der Waals surface area contributed by atoms with Crippen LogP contribution in [0.5, 0.6) is 0 Å². The third-order valence-corrected chi connectivity index (χ3v) is 11.1. The Morgan fingerprint density at radius 3 is 0.614 bits per heavy atom. The minimum atomic E-state index is -1.22. The first-order valence-corrected chi connectivity index (χ1v) is 16.8. The van der Waals surface area contributed by atoms with Crippen molar-refractivity contribution in [2.45, 2.75) is 0 Å². The van der Waals surface area contributed by atoms with Crippen molar-refractivity contribution in [3.05, 3.63) is 212 Å². The maximum Gasteiger partial charge on any atom is 0.108 e. The molecule has 7 aromatic carbocycles. The van der Waals surface area contributed by atoms with Crippen LogP contribution >= 0.6 is 7.92 Å². The number of hydrogen-bond acceptors (Lipinski definition) is 0. The lowest BCUT2D eigenvalue weighted by molar-refractivity contribution is 1.66. The van der Waals surface area contributed by atoms with E-state index >= 15 is 0 Å². The van der Waals surface area contributed by atoms with Gasteiger partial charge in [0, 0.05) is 0 Å². The van der Waals surface area contributed by atoms with Crippen molar-refractivity contribution in [3.63, 3.8) is 0 Å². The topological polar surface area (TPSA) is 0 Å². The molecule has 0 bridgehead atoms. The van der Waals surface area contributed by atoms with E-state index in [2.05, 4.69) is 212 Å². The highest BCUT2D eigenvalue weighted by atomic mass is 31.1. The summed E-state index contributed by atoms with van der Waals surface area (Å²) in [4.78, 5) is 0. The molecule has 0 N–H and O–H groups in total. The highest BCUT2D eigenvalue weighted by molar-refractivity contribution is 7.79. The first kappa shape index (κ1) is 29.1. The largest absolute Gasteiger partial charge is 0.195 e. The Morgan fingerprint density at radius 1 is 0.227 bits per heavy atom. The predicted molar refractivity (Wildman–Crippen MR) is 197 cm³/mol. The average molecular weight is 583 g/mol. The van der Waals surface area contributed by atoms with E-state index in [0.717, 1.165) is 0 Å². The van der Waals surface area contributed by atoms with Gasteiger partial charge >= 0.3 is 0 Å². The van der Waals surface area contributed by atoms with Gasteiger partial charge in [-0.15, -0.1) is 0 Å². The quantitative estimate of drug-likeness (QED) is 0.154. The van der Waals surface area contributed by atoms with Crippen LogP contribution in [0.3, 0.4) is 0 Å². The molecule has 0 aromatic heterocycles. The average Bonchev–Trinajstić information content (AvgIpc) is 3.12. The lowest BCUT2D eigenvalue weighted by atomic mass is 9.13. The first-order valence-electron chi connectivity index (χ1n) is 15.3. The number of hydrogen-bond donors (Lipinski definition) is 0. The van der Waals surface area contributed by atoms with Crippen molar-refractivity contribution in [1.29, 1.82) is 0 Å². The molecule has 0 spiro atoms. The Morgan fingerprint density at radius 2 is 0.409 bits per heavy atom. The van der Waals surface area contributed by atoms with Crippen molar-refractivity contribution >= 4 is 51.8 Å². The van der Waals surface area contributed by atoms with Crippen LogP contribution in [0.2, 0.25) is 0 Å². The summed E-state index contributed by atoms with van der Waals surface area (Å²) < 4.78 is 0. The Kier molecular flexibility index (Phi) is 9.58. The zero-order chi connectivity index (χ0) is 29.9. The van der Waals surface area contributed by atoms with E-state index in [1.165, 1.54) is 37.8 Å². The molecule has 0 aliphatic heterocycles. The molecule has 0 fully saturated rings. The molecule has 0 heterocycles. The van der Waals surface area contributed by atoms with Gasteiger partial charge in [-0.3, -0.25) is 0 Å². The summed E-state index contributed by atoms with van der Waals surface area (Å²) >= 11 is 0. The highest BCUT2D eigenvalue weighted by Crippen LogP contribution is 2.32. The van der Waals surface area contributed by atoms with Gasteiger partial charge in [0.05, 0.1) is 7.92 Å². The fraction of sp³-hybridized carbons (Fsp3) is 0. The van der Waals surface area contributed by atoms with Crippen LogP contribution in [0, 0.1) is 0 Å². The van der Waals surface area contributed by atoms with Crippen LogP contribution in [0.25, 0.3) is 0 Å². The van der Waals surface area contributed by atoms with Gasteiger partial charge in [0.2, 0.25) is 0 Å². The number of benzene rings is 7. The highest BCUT2D eigenvalue weighted by Gasteiger charge is 2.31. The maximum absolute atomic E-state index is 2.26. The molecule has 7 rings (SSSR count). The molecule has 0 aliphatic carbocycles. The van der Waals surface area contributed by atoms with Gasteiger partial charge in [0.1, 0.15) is 22.1 Å². The zero-order valence-corrected chi connectivity index (χ0v) is 25.8. The second-order valence-electron chi connectivity index (χ2n) is 11.0. The van der Waals surface area contributed by atoms with Gasteiger partial charge in [-0.25, -0.2) is 0 Å². The summed E-state index contributed by atoms with van der Waals surface area (Å²) in [6.07, 6.45) is -1.22. The summed E-state index contributed by atoms with van der Waals surface area (Å²) in [7, 11) is -0.877. The van der Waals surface area contributed by atoms with Crippen LogP contribution in [0.1, 0.15) is 0 Å². The van der Waals surface area contributed by atoms with Gasteiger partial charge in [-0.1, -0.05) is 176 Å². The monoisotopic (exact) mass is 582 g/mol. The minimum absolute atomic E-state index is 0.877. The summed E-state index contributed by atoms with van der Waals surface area (Å²) in [5.74, 6) is 0. The Bertz CT molecular complexity index is 1550. The molecule has 0 saturated heterocycles. The molecule has 0 radical (unpaired) electrons. The van der Waals surface area contributed by atoms with E-state index in [1.807, 2.05) is 0 Å². The first-order chi connectivity index (χ1) is 21.9. The van der Waals surface area contributed by atoms with Crippen molar-refractivity contribution in [2.75, 3.05) is 0 Å². The fourth-order valence-corrected chi connectivity index (χ4v) is 9.01. The fourth-order valence-electron chi connectivity index (χ4n) is 6.44. The third-order valence-electron chi connectivity index (χ3n) is 8.39. The lowest BCUT2D eigenvalue weighted by Gasteiger charge is -2.44. The van der Waals surface area contributed by atoms with Crippen LogP contribution in [-0.4, -0.2) is 6.15 Å². The van der Waals surface area contributed by atoms with Crippen molar-refractivity contribution in [3.8, 4) is 0 Å². The van der Waals surface area contributed by atoms with Crippen LogP contribution in [0.4, 0.5) is 0 Å². The maximum atomic E-state index is 2.26. The summed E-state index contributed by atoms with van der Waals surface area (Å²) in [5, 5.41) is 4.31.